The Morgan fingerprint density at radius 2 is 1.58 bits per heavy atom. The van der Waals surface area contributed by atoms with Crippen molar-refractivity contribution >= 4 is 34.4 Å². The lowest BCUT2D eigenvalue weighted by Crippen LogP contribution is -2.35. The summed E-state index contributed by atoms with van der Waals surface area (Å²) in [5.74, 6) is 0.561. The van der Waals surface area contributed by atoms with E-state index < -0.39 is 12.0 Å². The molecular formula is C39H38N4O5. The summed E-state index contributed by atoms with van der Waals surface area (Å²) in [4.78, 5) is 50.3. The lowest BCUT2D eigenvalue weighted by atomic mass is 10.00. The third-order valence-corrected chi connectivity index (χ3v) is 8.36. The van der Waals surface area contributed by atoms with Gasteiger partial charge in [-0.1, -0.05) is 66.7 Å². The number of rotatable bonds is 15. The number of aromatic nitrogens is 2. The van der Waals surface area contributed by atoms with Crippen LogP contribution in [0.3, 0.4) is 0 Å². The first-order valence-electron chi connectivity index (χ1n) is 16.2. The van der Waals surface area contributed by atoms with Crippen molar-refractivity contribution in [1.82, 2.24) is 14.9 Å². The van der Waals surface area contributed by atoms with Crippen molar-refractivity contribution in [2.45, 2.75) is 31.7 Å². The van der Waals surface area contributed by atoms with Crippen molar-refractivity contribution in [3.05, 3.63) is 132 Å². The summed E-state index contributed by atoms with van der Waals surface area (Å²) in [5, 5.41) is 3.24. The molecule has 48 heavy (non-hydrogen) atoms. The van der Waals surface area contributed by atoms with Crippen molar-refractivity contribution in [1.29, 1.82) is 0 Å². The highest BCUT2D eigenvalue weighted by Crippen LogP contribution is 2.30. The van der Waals surface area contributed by atoms with E-state index >= 15 is 0 Å². The third-order valence-electron chi connectivity index (χ3n) is 8.36. The molecule has 1 saturated carbocycles. The Balaban J connectivity index is 1.04. The predicted molar refractivity (Wildman–Crippen MR) is 184 cm³/mol. The van der Waals surface area contributed by atoms with Crippen LogP contribution in [-0.2, 0) is 16.0 Å². The molecular weight excluding hydrogens is 604 g/mol. The van der Waals surface area contributed by atoms with Crippen LogP contribution in [-0.4, -0.2) is 65.4 Å². The summed E-state index contributed by atoms with van der Waals surface area (Å²) >= 11 is 0. The first kappa shape index (κ1) is 32.4. The lowest BCUT2D eigenvalue weighted by Gasteiger charge is -2.22. The second-order valence-corrected chi connectivity index (χ2v) is 11.9. The minimum absolute atomic E-state index is 0.106. The van der Waals surface area contributed by atoms with Crippen LogP contribution in [0.5, 0.6) is 5.75 Å². The number of anilines is 1. The van der Waals surface area contributed by atoms with Gasteiger partial charge in [-0.25, -0.2) is 9.78 Å². The first-order valence-corrected chi connectivity index (χ1v) is 16.2. The SMILES string of the molecule is COC(=O)[C@H](Cc1ccc(OCCCN(CC2CC2)C(=O)c2cnc3ccccc3n2)cc1)Nc1ccccc1C(=O)c1ccccc1. The van der Waals surface area contributed by atoms with Gasteiger partial charge in [-0.2, -0.15) is 0 Å². The van der Waals surface area contributed by atoms with E-state index in [4.69, 9.17) is 9.47 Å². The second kappa shape index (κ2) is 15.3. The van der Waals surface area contributed by atoms with Gasteiger partial charge in [-0.15, -0.1) is 0 Å². The normalized spacial score (nSPS) is 13.0. The summed E-state index contributed by atoms with van der Waals surface area (Å²) < 4.78 is 11.1. The molecule has 1 aliphatic carbocycles. The average molecular weight is 643 g/mol. The number of methoxy groups -OCH3 is 1. The molecule has 0 saturated heterocycles. The molecule has 6 rings (SSSR count). The summed E-state index contributed by atoms with van der Waals surface area (Å²) in [6.07, 6.45) is 4.85. The fraction of sp³-hybridized carbons (Fsp3) is 0.256. The van der Waals surface area contributed by atoms with Crippen molar-refractivity contribution in [3.8, 4) is 5.75 Å². The molecule has 5 aromatic rings. The molecule has 9 nitrogen and oxygen atoms in total. The zero-order valence-electron chi connectivity index (χ0n) is 26.9. The maximum atomic E-state index is 13.4. The number of nitrogens with zero attached hydrogens (tertiary/aromatic N) is 3. The Morgan fingerprint density at radius 3 is 2.33 bits per heavy atom. The molecule has 0 bridgehead atoms. The third kappa shape index (κ3) is 8.22. The van der Waals surface area contributed by atoms with Crippen molar-refractivity contribution in [2.75, 3.05) is 32.1 Å². The van der Waals surface area contributed by atoms with Crippen LogP contribution >= 0.6 is 0 Å². The van der Waals surface area contributed by atoms with E-state index in [1.54, 1.807) is 36.5 Å². The zero-order valence-corrected chi connectivity index (χ0v) is 26.9. The zero-order chi connectivity index (χ0) is 33.3. The van der Waals surface area contributed by atoms with Gasteiger partial charge in [-0.3, -0.25) is 14.6 Å². The molecule has 1 amide bonds. The second-order valence-electron chi connectivity index (χ2n) is 11.9. The van der Waals surface area contributed by atoms with E-state index in [1.165, 1.54) is 7.11 Å². The molecule has 4 aromatic carbocycles. The molecule has 1 fully saturated rings. The number of carbonyl (C=O) groups excluding carboxylic acids is 3. The Labute approximate surface area is 279 Å². The van der Waals surface area contributed by atoms with Gasteiger partial charge in [0.25, 0.3) is 5.91 Å². The number of benzene rings is 4. The van der Waals surface area contributed by atoms with Crippen molar-refractivity contribution in [2.24, 2.45) is 5.92 Å². The predicted octanol–water partition coefficient (Wildman–Crippen LogP) is 6.38. The lowest BCUT2D eigenvalue weighted by molar-refractivity contribution is -0.141. The summed E-state index contributed by atoms with van der Waals surface area (Å²) in [5.41, 5.74) is 4.33. The largest absolute Gasteiger partial charge is 0.494 e. The Morgan fingerprint density at radius 1 is 0.875 bits per heavy atom. The van der Waals surface area contributed by atoms with Crippen LogP contribution in [0.2, 0.25) is 0 Å². The number of fused-ring (bicyclic) bond motifs is 1. The van der Waals surface area contributed by atoms with Gasteiger partial charge in [0.15, 0.2) is 5.78 Å². The number of amides is 1. The fourth-order valence-electron chi connectivity index (χ4n) is 5.59. The van der Waals surface area contributed by atoms with Crippen molar-refractivity contribution in [3.63, 3.8) is 0 Å². The molecule has 0 aliphatic heterocycles. The van der Waals surface area contributed by atoms with Crippen LogP contribution in [0.25, 0.3) is 11.0 Å². The highest BCUT2D eigenvalue weighted by atomic mass is 16.5. The topological polar surface area (TPSA) is 111 Å². The highest BCUT2D eigenvalue weighted by Gasteiger charge is 2.28. The Hall–Kier alpha value is -5.57. The quantitative estimate of drug-likeness (QED) is 0.0796. The van der Waals surface area contributed by atoms with Gasteiger partial charge in [0.1, 0.15) is 17.5 Å². The smallest absolute Gasteiger partial charge is 0.328 e. The summed E-state index contributed by atoms with van der Waals surface area (Å²) in [7, 11) is 1.35. The van der Waals surface area contributed by atoms with Gasteiger partial charge >= 0.3 is 5.97 Å². The van der Waals surface area contributed by atoms with E-state index in [0.29, 0.717) is 72.2 Å². The molecule has 9 heteroatoms. The molecule has 1 aromatic heterocycles. The molecule has 244 valence electrons. The van der Waals surface area contributed by atoms with E-state index in [0.717, 1.165) is 23.9 Å². The molecule has 1 N–H and O–H groups in total. The van der Waals surface area contributed by atoms with Crippen LogP contribution in [0.15, 0.2) is 109 Å². The van der Waals surface area contributed by atoms with Gasteiger partial charge in [0.2, 0.25) is 0 Å². The highest BCUT2D eigenvalue weighted by molar-refractivity contribution is 6.12. The van der Waals surface area contributed by atoms with Crippen LogP contribution in [0, 0.1) is 5.92 Å². The molecule has 0 radical (unpaired) electrons. The first-order chi connectivity index (χ1) is 23.5. The molecule has 0 spiro atoms. The molecule has 1 atom stereocenters. The summed E-state index contributed by atoms with van der Waals surface area (Å²) in [6, 6.07) is 30.6. The van der Waals surface area contributed by atoms with E-state index in [-0.39, 0.29) is 11.7 Å². The van der Waals surface area contributed by atoms with E-state index in [1.807, 2.05) is 77.7 Å². The Bertz CT molecular complexity index is 1880. The van der Waals surface area contributed by atoms with Gasteiger partial charge in [0, 0.05) is 36.3 Å². The fourth-order valence-corrected chi connectivity index (χ4v) is 5.59. The van der Waals surface area contributed by atoms with E-state index in [2.05, 4.69) is 15.3 Å². The van der Waals surface area contributed by atoms with Gasteiger partial charge in [0.05, 0.1) is 30.9 Å². The standard InChI is InChI=1S/C39H38N4O5/c1-47-39(46)35(41-32-13-6-5-12-31(32)37(44)29-10-3-2-4-11-29)24-27-18-20-30(21-19-27)48-23-9-22-43(26-28-16-17-28)38(45)36-25-40-33-14-7-8-15-34(33)42-36/h2-8,10-15,18-21,25,28,35,41H,9,16-17,22-24,26H2,1H3/t35-/m0/s1. The number of nitrogens with one attached hydrogen (secondary N) is 1. The number of para-hydroxylation sites is 3. The number of ether oxygens (including phenoxy) is 2. The van der Waals surface area contributed by atoms with E-state index in [9.17, 15) is 14.4 Å². The minimum atomic E-state index is -0.714. The monoisotopic (exact) mass is 642 g/mol. The van der Waals surface area contributed by atoms with Crippen LogP contribution in [0.4, 0.5) is 5.69 Å². The average Bonchev–Trinajstić information content (AvgIpc) is 3.97. The molecule has 0 unspecified atom stereocenters. The van der Waals surface area contributed by atoms with Gasteiger partial charge in [-0.05, 0) is 67.1 Å². The molecule has 1 aliphatic rings. The number of hydrogen-bond donors (Lipinski definition) is 1. The minimum Gasteiger partial charge on any atom is -0.494 e. The number of ketones is 1. The van der Waals surface area contributed by atoms with Crippen LogP contribution < -0.4 is 10.1 Å². The maximum absolute atomic E-state index is 13.4. The maximum Gasteiger partial charge on any atom is 0.328 e. The van der Waals surface area contributed by atoms with Crippen molar-refractivity contribution < 1.29 is 23.9 Å². The number of esters is 1. The van der Waals surface area contributed by atoms with Gasteiger partial charge < -0.3 is 19.7 Å². The number of carbonyl (C=O) groups is 3. The Kier molecular flexibility index (Phi) is 10.4. The van der Waals surface area contributed by atoms with Crippen LogP contribution in [0.1, 0.15) is 51.2 Å². The number of hydrogen-bond acceptors (Lipinski definition) is 8. The molecule has 1 heterocycles. The summed E-state index contributed by atoms with van der Waals surface area (Å²) in [6.45, 7) is 1.71.